The topological polar surface area (TPSA) is 72.9 Å². The first-order chi connectivity index (χ1) is 14.8. The molecule has 6 nitrogen and oxygen atoms in total. The number of benzene rings is 2. The molecule has 0 atom stereocenters. The highest BCUT2D eigenvalue weighted by Gasteiger charge is 2.47. The van der Waals surface area contributed by atoms with Crippen molar-refractivity contribution >= 4 is 17.8 Å². The van der Waals surface area contributed by atoms with Crippen LogP contribution >= 0.6 is 0 Å². The predicted molar refractivity (Wildman–Crippen MR) is 116 cm³/mol. The van der Waals surface area contributed by atoms with Gasteiger partial charge in [-0.1, -0.05) is 42.5 Å². The van der Waals surface area contributed by atoms with Gasteiger partial charge in [0.15, 0.2) is 0 Å². The molecule has 0 spiro atoms. The highest BCUT2D eigenvalue weighted by molar-refractivity contribution is 6.19. The number of ether oxygens (including phenoxy) is 2. The van der Waals surface area contributed by atoms with Gasteiger partial charge in [0.05, 0.1) is 24.8 Å². The van der Waals surface area contributed by atoms with Gasteiger partial charge >= 0.3 is 11.9 Å². The number of amides is 1. The van der Waals surface area contributed by atoms with E-state index in [1.165, 1.54) is 7.11 Å². The van der Waals surface area contributed by atoms with Crippen molar-refractivity contribution in [2.24, 2.45) is 0 Å². The molecule has 0 saturated heterocycles. The van der Waals surface area contributed by atoms with Crippen molar-refractivity contribution in [2.75, 3.05) is 13.7 Å². The summed E-state index contributed by atoms with van der Waals surface area (Å²) in [6.07, 6.45) is 0.389. The molecular formula is C25H27NO5. The van der Waals surface area contributed by atoms with Gasteiger partial charge in [-0.3, -0.25) is 4.79 Å². The quantitative estimate of drug-likeness (QED) is 0.504. The molecule has 0 aliphatic carbocycles. The van der Waals surface area contributed by atoms with Crippen LogP contribution in [0.25, 0.3) is 0 Å². The largest absolute Gasteiger partial charge is 0.465 e. The molecule has 0 aromatic heterocycles. The van der Waals surface area contributed by atoms with Crippen LogP contribution in [0.5, 0.6) is 0 Å². The van der Waals surface area contributed by atoms with E-state index in [1.807, 2.05) is 56.3 Å². The molecule has 2 aromatic carbocycles. The van der Waals surface area contributed by atoms with Crippen molar-refractivity contribution in [2.45, 2.75) is 39.3 Å². The molecule has 31 heavy (non-hydrogen) atoms. The Hall–Kier alpha value is -3.41. The zero-order chi connectivity index (χ0) is 22.6. The minimum absolute atomic E-state index is 0.0971. The van der Waals surface area contributed by atoms with E-state index >= 15 is 0 Å². The van der Waals surface area contributed by atoms with Crippen molar-refractivity contribution in [1.29, 1.82) is 0 Å². The molecule has 6 heteroatoms. The van der Waals surface area contributed by atoms with Gasteiger partial charge in [0.1, 0.15) is 5.57 Å². The Kier molecular flexibility index (Phi) is 6.59. The maximum Gasteiger partial charge on any atom is 0.343 e. The van der Waals surface area contributed by atoms with E-state index in [0.717, 1.165) is 11.1 Å². The summed E-state index contributed by atoms with van der Waals surface area (Å²) >= 11 is 0. The third-order valence-electron chi connectivity index (χ3n) is 5.59. The molecule has 1 aliphatic heterocycles. The average Bonchev–Trinajstić information content (AvgIpc) is 2.95. The van der Waals surface area contributed by atoms with Crippen LogP contribution in [0.4, 0.5) is 0 Å². The van der Waals surface area contributed by atoms with Crippen LogP contribution in [0, 0.1) is 0 Å². The minimum Gasteiger partial charge on any atom is -0.465 e. The van der Waals surface area contributed by atoms with Crippen LogP contribution in [-0.4, -0.2) is 42.0 Å². The van der Waals surface area contributed by atoms with Crippen LogP contribution in [0.2, 0.25) is 0 Å². The molecule has 0 fully saturated rings. The lowest BCUT2D eigenvalue weighted by molar-refractivity contribution is -0.141. The van der Waals surface area contributed by atoms with Gasteiger partial charge in [0, 0.05) is 6.54 Å². The maximum atomic E-state index is 13.3. The number of nitrogens with zero attached hydrogens (tertiary/aromatic N) is 1. The number of carbonyl (C=O) groups is 3. The third kappa shape index (κ3) is 4.53. The molecule has 3 rings (SSSR count). The number of carbonyl (C=O) groups excluding carboxylic acids is 3. The Bertz CT molecular complexity index is 1010. The zero-order valence-corrected chi connectivity index (χ0v) is 18.3. The second-order valence-electron chi connectivity index (χ2n) is 7.88. The number of hydrogen-bond donors (Lipinski definition) is 0. The number of methoxy groups -OCH3 is 1. The van der Waals surface area contributed by atoms with Crippen molar-refractivity contribution in [3.8, 4) is 0 Å². The van der Waals surface area contributed by atoms with E-state index in [1.54, 1.807) is 24.0 Å². The number of esters is 2. The SMILES string of the molecule is CCOC(=O)C1=C(Cc2ccc(C(=O)OC)cc2)C(C)(C)N(Cc2ccccc2)C1=O. The fraction of sp³-hybridized carbons (Fsp3) is 0.320. The van der Waals surface area contributed by atoms with Gasteiger partial charge in [0.25, 0.3) is 5.91 Å². The Morgan fingerprint density at radius 2 is 1.58 bits per heavy atom. The Labute approximate surface area is 182 Å². The molecule has 0 radical (unpaired) electrons. The summed E-state index contributed by atoms with van der Waals surface area (Å²) in [7, 11) is 1.33. The highest BCUT2D eigenvalue weighted by Crippen LogP contribution is 2.39. The summed E-state index contributed by atoms with van der Waals surface area (Å²) in [4.78, 5) is 39.5. The molecule has 1 heterocycles. The van der Waals surface area contributed by atoms with E-state index in [2.05, 4.69) is 0 Å². The van der Waals surface area contributed by atoms with Gasteiger partial charge in [-0.05, 0) is 56.0 Å². The molecule has 1 amide bonds. The highest BCUT2D eigenvalue weighted by atomic mass is 16.5. The zero-order valence-electron chi connectivity index (χ0n) is 18.3. The second-order valence-corrected chi connectivity index (χ2v) is 7.88. The fourth-order valence-electron chi connectivity index (χ4n) is 3.82. The monoisotopic (exact) mass is 421 g/mol. The molecule has 0 N–H and O–H groups in total. The summed E-state index contributed by atoms with van der Waals surface area (Å²) in [5.74, 6) is -1.34. The lowest BCUT2D eigenvalue weighted by Crippen LogP contribution is -2.43. The van der Waals surface area contributed by atoms with Crippen LogP contribution in [-0.2, 0) is 32.0 Å². The molecular weight excluding hydrogens is 394 g/mol. The van der Waals surface area contributed by atoms with Crippen LogP contribution in [0.1, 0.15) is 42.3 Å². The predicted octanol–water partition coefficient (Wildman–Crippen LogP) is 3.70. The smallest absolute Gasteiger partial charge is 0.343 e. The number of hydrogen-bond acceptors (Lipinski definition) is 5. The summed E-state index contributed by atoms with van der Waals surface area (Å²) in [6.45, 7) is 6.18. The molecule has 2 aromatic rings. The summed E-state index contributed by atoms with van der Waals surface area (Å²) in [5, 5.41) is 0. The average molecular weight is 421 g/mol. The Balaban J connectivity index is 1.97. The van der Waals surface area contributed by atoms with Crippen LogP contribution < -0.4 is 0 Å². The molecule has 0 bridgehead atoms. The molecule has 0 unspecified atom stereocenters. The van der Waals surface area contributed by atoms with E-state index in [9.17, 15) is 14.4 Å². The Morgan fingerprint density at radius 1 is 0.935 bits per heavy atom. The second kappa shape index (κ2) is 9.16. The maximum absolute atomic E-state index is 13.3. The Morgan fingerprint density at radius 3 is 2.16 bits per heavy atom. The van der Waals surface area contributed by atoms with Crippen LogP contribution in [0.3, 0.4) is 0 Å². The van der Waals surface area contributed by atoms with Crippen LogP contribution in [0.15, 0.2) is 65.7 Å². The summed E-state index contributed by atoms with van der Waals surface area (Å²) < 4.78 is 9.96. The molecule has 162 valence electrons. The lowest BCUT2D eigenvalue weighted by Gasteiger charge is -2.34. The van der Waals surface area contributed by atoms with Gasteiger partial charge in [-0.15, -0.1) is 0 Å². The van der Waals surface area contributed by atoms with E-state index in [0.29, 0.717) is 24.1 Å². The van der Waals surface area contributed by atoms with Crippen molar-refractivity contribution in [1.82, 2.24) is 4.90 Å². The van der Waals surface area contributed by atoms with Gasteiger partial charge < -0.3 is 14.4 Å². The van der Waals surface area contributed by atoms with Crippen molar-refractivity contribution < 1.29 is 23.9 Å². The number of rotatable bonds is 7. The van der Waals surface area contributed by atoms with Crippen molar-refractivity contribution in [3.05, 3.63) is 82.4 Å². The minimum atomic E-state index is -0.684. The first kappa shape index (κ1) is 22.3. The third-order valence-corrected chi connectivity index (χ3v) is 5.59. The van der Waals surface area contributed by atoms with Gasteiger partial charge in [-0.25, -0.2) is 9.59 Å². The molecule has 1 aliphatic rings. The van der Waals surface area contributed by atoms with Gasteiger partial charge in [0.2, 0.25) is 0 Å². The van der Waals surface area contributed by atoms with E-state index < -0.39 is 17.5 Å². The normalized spacial score (nSPS) is 15.2. The van der Waals surface area contributed by atoms with E-state index in [4.69, 9.17) is 9.47 Å². The first-order valence-corrected chi connectivity index (χ1v) is 10.2. The lowest BCUT2D eigenvalue weighted by atomic mass is 9.87. The standard InChI is InChI=1S/C25H27NO5/c1-5-31-24(29)21-20(15-17-11-13-19(14-12-17)23(28)30-4)25(2,3)26(22(21)27)16-18-9-7-6-8-10-18/h6-14H,5,15-16H2,1-4H3. The van der Waals surface area contributed by atoms with Crippen molar-refractivity contribution in [3.63, 3.8) is 0 Å². The summed E-state index contributed by atoms with van der Waals surface area (Å²) in [6, 6.07) is 16.7. The fourth-order valence-corrected chi connectivity index (χ4v) is 3.82. The molecule has 0 saturated carbocycles. The summed E-state index contributed by atoms with van der Waals surface area (Å²) in [5.41, 5.74) is 2.43. The first-order valence-electron chi connectivity index (χ1n) is 10.2. The van der Waals surface area contributed by atoms with Gasteiger partial charge in [-0.2, -0.15) is 0 Å². The van der Waals surface area contributed by atoms with E-state index in [-0.39, 0.29) is 18.1 Å².